The molecule has 88 valence electrons. The third-order valence-electron chi connectivity index (χ3n) is 3.57. The van der Waals surface area contributed by atoms with E-state index in [1.807, 2.05) is 19.4 Å². The van der Waals surface area contributed by atoms with Gasteiger partial charge in [-0.1, -0.05) is 0 Å². The maximum atomic E-state index is 5.80. The van der Waals surface area contributed by atoms with Crippen molar-refractivity contribution in [1.82, 2.24) is 14.9 Å². The second-order valence-electron chi connectivity index (χ2n) is 4.93. The molecule has 2 atom stereocenters. The van der Waals surface area contributed by atoms with Crippen molar-refractivity contribution in [2.75, 3.05) is 13.2 Å². The zero-order valence-corrected chi connectivity index (χ0v) is 9.72. The number of aryl methyl sites for hydroxylation is 1. The molecule has 1 saturated carbocycles. The molecule has 0 amide bonds. The summed E-state index contributed by atoms with van der Waals surface area (Å²) in [6.45, 7) is 1.99. The molecule has 16 heavy (non-hydrogen) atoms. The third kappa shape index (κ3) is 1.99. The minimum atomic E-state index is 0.138. The number of hydrogen-bond donors (Lipinski definition) is 1. The van der Waals surface area contributed by atoms with Crippen molar-refractivity contribution in [2.24, 2.45) is 13.0 Å². The maximum absolute atomic E-state index is 5.80. The Bertz CT molecular complexity index is 359. The lowest BCUT2D eigenvalue weighted by atomic mass is 10.1. The number of rotatable bonds is 4. The highest BCUT2D eigenvalue weighted by Crippen LogP contribution is 2.31. The number of ether oxygens (including phenoxy) is 1. The summed E-state index contributed by atoms with van der Waals surface area (Å²) in [6, 6.07) is 0.446. The van der Waals surface area contributed by atoms with Gasteiger partial charge in [-0.15, -0.1) is 0 Å². The number of aromatic nitrogens is 2. The molecule has 1 aliphatic heterocycles. The van der Waals surface area contributed by atoms with Crippen LogP contribution in [0.3, 0.4) is 0 Å². The van der Waals surface area contributed by atoms with Gasteiger partial charge in [0.05, 0.1) is 0 Å². The number of imidazole rings is 1. The Balaban J connectivity index is 1.66. The minimum absolute atomic E-state index is 0.138. The molecule has 0 unspecified atom stereocenters. The molecule has 2 fully saturated rings. The van der Waals surface area contributed by atoms with Crippen LogP contribution in [0.15, 0.2) is 12.4 Å². The van der Waals surface area contributed by atoms with Gasteiger partial charge in [-0.3, -0.25) is 0 Å². The molecule has 1 N–H and O–H groups in total. The predicted molar refractivity (Wildman–Crippen MR) is 61.0 cm³/mol. The summed E-state index contributed by atoms with van der Waals surface area (Å²) in [6.07, 6.45) is 7.86. The van der Waals surface area contributed by atoms with Crippen LogP contribution in [-0.4, -0.2) is 28.7 Å². The summed E-state index contributed by atoms with van der Waals surface area (Å²) in [4.78, 5) is 4.39. The summed E-state index contributed by atoms with van der Waals surface area (Å²) in [5.74, 6) is 1.97. The van der Waals surface area contributed by atoms with E-state index in [9.17, 15) is 0 Å². The molecule has 1 aliphatic carbocycles. The largest absolute Gasteiger partial charge is 0.369 e. The first kappa shape index (κ1) is 10.3. The summed E-state index contributed by atoms with van der Waals surface area (Å²) >= 11 is 0. The van der Waals surface area contributed by atoms with Crippen molar-refractivity contribution in [3.63, 3.8) is 0 Å². The van der Waals surface area contributed by atoms with Gasteiger partial charge >= 0.3 is 0 Å². The van der Waals surface area contributed by atoms with Gasteiger partial charge in [-0.05, 0) is 31.7 Å². The van der Waals surface area contributed by atoms with E-state index in [1.165, 1.54) is 12.8 Å². The molecule has 1 aromatic heterocycles. The van der Waals surface area contributed by atoms with Gasteiger partial charge in [-0.2, -0.15) is 0 Å². The molecule has 2 aliphatic rings. The van der Waals surface area contributed by atoms with Crippen molar-refractivity contribution < 1.29 is 4.74 Å². The molecule has 0 radical (unpaired) electrons. The van der Waals surface area contributed by atoms with E-state index in [-0.39, 0.29) is 6.10 Å². The van der Waals surface area contributed by atoms with Gasteiger partial charge in [0.2, 0.25) is 0 Å². The van der Waals surface area contributed by atoms with E-state index in [2.05, 4.69) is 14.9 Å². The Morgan fingerprint density at radius 1 is 1.50 bits per heavy atom. The van der Waals surface area contributed by atoms with Crippen LogP contribution < -0.4 is 5.32 Å². The normalized spacial score (nSPS) is 29.8. The number of hydrogen-bond acceptors (Lipinski definition) is 3. The SMILES string of the molecule is Cn1ccnc1[C@H]1OCC[C@@H]1NCC1CC1. The number of nitrogens with one attached hydrogen (secondary N) is 1. The van der Waals surface area contributed by atoms with Crippen LogP contribution in [0.2, 0.25) is 0 Å². The first-order chi connectivity index (χ1) is 7.84. The Kier molecular flexibility index (Phi) is 2.69. The molecule has 2 heterocycles. The highest BCUT2D eigenvalue weighted by Gasteiger charge is 2.33. The Morgan fingerprint density at radius 2 is 2.38 bits per heavy atom. The fourth-order valence-corrected chi connectivity index (χ4v) is 2.34. The van der Waals surface area contributed by atoms with Crippen molar-refractivity contribution in [1.29, 1.82) is 0 Å². The predicted octanol–water partition coefficient (Wildman–Crippen LogP) is 1.25. The Labute approximate surface area is 96.0 Å². The molecule has 1 saturated heterocycles. The van der Waals surface area contributed by atoms with Gasteiger partial charge in [0.25, 0.3) is 0 Å². The molecule has 0 bridgehead atoms. The van der Waals surface area contributed by atoms with Crippen LogP contribution in [0.5, 0.6) is 0 Å². The smallest absolute Gasteiger partial charge is 0.139 e. The molecule has 3 rings (SSSR count). The van der Waals surface area contributed by atoms with E-state index in [0.717, 1.165) is 31.3 Å². The first-order valence-electron chi connectivity index (χ1n) is 6.17. The van der Waals surface area contributed by atoms with Gasteiger partial charge in [0.15, 0.2) is 0 Å². The molecule has 4 nitrogen and oxygen atoms in total. The molecular weight excluding hydrogens is 202 g/mol. The van der Waals surface area contributed by atoms with Crippen LogP contribution in [-0.2, 0) is 11.8 Å². The van der Waals surface area contributed by atoms with Crippen LogP contribution in [0.25, 0.3) is 0 Å². The fourth-order valence-electron chi connectivity index (χ4n) is 2.34. The average molecular weight is 221 g/mol. The second-order valence-corrected chi connectivity index (χ2v) is 4.93. The summed E-state index contributed by atoms with van der Waals surface area (Å²) in [7, 11) is 2.03. The van der Waals surface area contributed by atoms with Crippen molar-refractivity contribution in [2.45, 2.75) is 31.4 Å². The van der Waals surface area contributed by atoms with Crippen LogP contribution >= 0.6 is 0 Å². The zero-order chi connectivity index (χ0) is 11.0. The molecule has 0 spiro atoms. The van der Waals surface area contributed by atoms with Gasteiger partial charge in [-0.25, -0.2) is 4.98 Å². The molecular formula is C12H19N3O. The quantitative estimate of drug-likeness (QED) is 0.831. The summed E-state index contributed by atoms with van der Waals surface area (Å²) in [5.41, 5.74) is 0. The van der Waals surface area contributed by atoms with E-state index >= 15 is 0 Å². The standard InChI is InChI=1S/C12H19N3O/c1-15-6-5-13-12(15)11-10(4-7-16-11)14-8-9-2-3-9/h5-6,9-11,14H,2-4,7-8H2,1H3/t10-,11-/m0/s1. The highest BCUT2D eigenvalue weighted by molar-refractivity contribution is 5.02. The molecule has 1 aromatic rings. The topological polar surface area (TPSA) is 39.1 Å². The lowest BCUT2D eigenvalue weighted by molar-refractivity contribution is 0.0894. The zero-order valence-electron chi connectivity index (χ0n) is 9.72. The van der Waals surface area contributed by atoms with E-state index in [0.29, 0.717) is 6.04 Å². The van der Waals surface area contributed by atoms with Crippen molar-refractivity contribution >= 4 is 0 Å². The van der Waals surface area contributed by atoms with E-state index in [4.69, 9.17) is 4.74 Å². The fraction of sp³-hybridized carbons (Fsp3) is 0.750. The Morgan fingerprint density at radius 3 is 3.06 bits per heavy atom. The van der Waals surface area contributed by atoms with E-state index in [1.54, 1.807) is 0 Å². The van der Waals surface area contributed by atoms with Crippen molar-refractivity contribution in [3.8, 4) is 0 Å². The number of nitrogens with zero attached hydrogens (tertiary/aromatic N) is 2. The molecule has 0 aromatic carbocycles. The maximum Gasteiger partial charge on any atom is 0.139 e. The lowest BCUT2D eigenvalue weighted by Gasteiger charge is -2.19. The van der Waals surface area contributed by atoms with Crippen LogP contribution in [0.4, 0.5) is 0 Å². The minimum Gasteiger partial charge on any atom is -0.369 e. The first-order valence-corrected chi connectivity index (χ1v) is 6.17. The second kappa shape index (κ2) is 4.18. The van der Waals surface area contributed by atoms with Crippen molar-refractivity contribution in [3.05, 3.63) is 18.2 Å². The Hall–Kier alpha value is -0.870. The summed E-state index contributed by atoms with van der Waals surface area (Å²) in [5, 5.41) is 3.63. The summed E-state index contributed by atoms with van der Waals surface area (Å²) < 4.78 is 7.85. The lowest BCUT2D eigenvalue weighted by Crippen LogP contribution is -2.34. The average Bonchev–Trinajstić information content (AvgIpc) is 2.83. The monoisotopic (exact) mass is 221 g/mol. The van der Waals surface area contributed by atoms with Gasteiger partial charge in [0, 0.05) is 32.1 Å². The van der Waals surface area contributed by atoms with Crippen LogP contribution in [0.1, 0.15) is 31.2 Å². The molecule has 4 heteroatoms. The highest BCUT2D eigenvalue weighted by atomic mass is 16.5. The van der Waals surface area contributed by atoms with Crippen LogP contribution in [0, 0.1) is 5.92 Å². The van der Waals surface area contributed by atoms with E-state index < -0.39 is 0 Å². The third-order valence-corrected chi connectivity index (χ3v) is 3.57. The van der Waals surface area contributed by atoms with Gasteiger partial charge < -0.3 is 14.6 Å². The van der Waals surface area contributed by atoms with Gasteiger partial charge in [0.1, 0.15) is 11.9 Å².